The second kappa shape index (κ2) is 5.17. The molecule has 2 unspecified atom stereocenters. The molecule has 1 saturated heterocycles. The highest BCUT2D eigenvalue weighted by Gasteiger charge is 2.44. The Balaban J connectivity index is 2.29. The molecule has 1 N–H and O–H groups in total. The molecule has 0 spiro atoms. The molecule has 2 atom stereocenters. The Morgan fingerprint density at radius 1 is 1.67 bits per heavy atom. The minimum Gasteiger partial charge on any atom is -0.383 e. The molecule has 102 valence electrons. The molecule has 0 saturated carbocycles. The van der Waals surface area contributed by atoms with E-state index in [2.05, 4.69) is 16.9 Å². The van der Waals surface area contributed by atoms with Gasteiger partial charge in [0.05, 0.1) is 30.1 Å². The molecule has 0 amide bonds. The van der Waals surface area contributed by atoms with Gasteiger partial charge in [-0.25, -0.2) is 0 Å². The van der Waals surface area contributed by atoms with Crippen molar-refractivity contribution in [3.63, 3.8) is 0 Å². The molecule has 0 radical (unpaired) electrons. The van der Waals surface area contributed by atoms with Crippen molar-refractivity contribution >= 4 is 11.6 Å². The monoisotopic (exact) mass is 273 g/mol. The lowest BCUT2D eigenvalue weighted by Crippen LogP contribution is -2.33. The van der Waals surface area contributed by atoms with E-state index in [1.165, 1.54) is 0 Å². The number of ether oxygens (including phenoxy) is 1. The number of methoxy groups -OCH3 is 1. The van der Waals surface area contributed by atoms with Crippen molar-refractivity contribution in [2.24, 2.45) is 0 Å². The van der Waals surface area contributed by atoms with Crippen molar-refractivity contribution < 1.29 is 9.84 Å². The van der Waals surface area contributed by atoms with Gasteiger partial charge in [0.15, 0.2) is 0 Å². The number of β-amino-alcohol motifs (C(OH)–C–C–N with tert-alkyl or cyclic N) is 1. The molecule has 1 fully saturated rings. The highest BCUT2D eigenvalue weighted by molar-refractivity contribution is 6.31. The molecular formula is C12H20ClN3O2. The van der Waals surface area contributed by atoms with E-state index in [0.717, 1.165) is 0 Å². The van der Waals surface area contributed by atoms with E-state index in [1.807, 2.05) is 7.05 Å². The molecule has 2 heterocycles. The van der Waals surface area contributed by atoms with Crippen molar-refractivity contribution in [1.29, 1.82) is 0 Å². The van der Waals surface area contributed by atoms with Crippen molar-refractivity contribution in [3.8, 4) is 0 Å². The zero-order valence-corrected chi connectivity index (χ0v) is 11.8. The zero-order valence-electron chi connectivity index (χ0n) is 11.1. The van der Waals surface area contributed by atoms with Crippen LogP contribution in [-0.2, 0) is 16.9 Å². The molecular weight excluding hydrogens is 254 g/mol. The summed E-state index contributed by atoms with van der Waals surface area (Å²) in [6, 6.07) is 0.330. The van der Waals surface area contributed by atoms with Crippen molar-refractivity contribution in [2.45, 2.75) is 31.5 Å². The van der Waals surface area contributed by atoms with Crippen LogP contribution in [0.4, 0.5) is 0 Å². The normalized spacial score (nSPS) is 29.1. The van der Waals surface area contributed by atoms with Gasteiger partial charge in [-0.1, -0.05) is 11.6 Å². The van der Waals surface area contributed by atoms with Gasteiger partial charge in [-0.15, -0.1) is 0 Å². The Bertz CT molecular complexity index is 411. The second-order valence-electron chi connectivity index (χ2n) is 5.06. The molecule has 6 heteroatoms. The van der Waals surface area contributed by atoms with Gasteiger partial charge in [-0.05, 0) is 20.4 Å². The summed E-state index contributed by atoms with van der Waals surface area (Å²) < 4.78 is 6.80. The number of hydrogen-bond donors (Lipinski definition) is 1. The summed E-state index contributed by atoms with van der Waals surface area (Å²) in [7, 11) is 3.65. The Hall–Kier alpha value is -0.620. The third-order valence-corrected chi connectivity index (χ3v) is 3.92. The fourth-order valence-corrected chi connectivity index (χ4v) is 2.94. The van der Waals surface area contributed by atoms with Gasteiger partial charge in [-0.3, -0.25) is 4.68 Å². The minimum atomic E-state index is -0.921. The highest BCUT2D eigenvalue weighted by Crippen LogP contribution is 2.38. The lowest BCUT2D eigenvalue weighted by molar-refractivity contribution is 0.0377. The molecule has 0 aliphatic carbocycles. The Morgan fingerprint density at radius 3 is 2.94 bits per heavy atom. The van der Waals surface area contributed by atoms with Crippen LogP contribution in [-0.4, -0.2) is 53.1 Å². The van der Waals surface area contributed by atoms with Crippen LogP contribution >= 0.6 is 11.6 Å². The molecule has 1 aliphatic rings. The van der Waals surface area contributed by atoms with E-state index >= 15 is 0 Å². The summed E-state index contributed by atoms with van der Waals surface area (Å²) in [6.45, 7) is 3.82. The Kier molecular flexibility index (Phi) is 3.96. The topological polar surface area (TPSA) is 50.5 Å². The number of nitrogens with zero attached hydrogens (tertiary/aromatic N) is 3. The number of rotatable bonds is 4. The minimum absolute atomic E-state index is 0.330. The van der Waals surface area contributed by atoms with Gasteiger partial charge in [-0.2, -0.15) is 5.10 Å². The smallest absolute Gasteiger partial charge is 0.122 e. The number of aliphatic hydroxyl groups is 1. The number of halogens is 1. The molecule has 1 aromatic heterocycles. The first-order valence-electron chi connectivity index (χ1n) is 6.11. The Labute approximate surface area is 112 Å². The van der Waals surface area contributed by atoms with E-state index in [-0.39, 0.29) is 0 Å². The number of hydrogen-bond acceptors (Lipinski definition) is 4. The average molecular weight is 274 g/mol. The molecule has 5 nitrogen and oxygen atoms in total. The molecule has 0 aromatic carbocycles. The summed E-state index contributed by atoms with van der Waals surface area (Å²) in [5.41, 5.74) is -0.215. The quantitative estimate of drug-likeness (QED) is 0.892. The predicted molar refractivity (Wildman–Crippen MR) is 69.7 cm³/mol. The fourth-order valence-electron chi connectivity index (χ4n) is 2.62. The van der Waals surface area contributed by atoms with Crippen molar-refractivity contribution in [3.05, 3.63) is 16.9 Å². The van der Waals surface area contributed by atoms with Crippen molar-refractivity contribution in [2.75, 3.05) is 27.3 Å². The van der Waals surface area contributed by atoms with Gasteiger partial charge in [0.2, 0.25) is 0 Å². The molecule has 0 bridgehead atoms. The maximum Gasteiger partial charge on any atom is 0.122 e. The Morgan fingerprint density at radius 2 is 2.39 bits per heavy atom. The van der Waals surface area contributed by atoms with Crippen LogP contribution in [0, 0.1) is 0 Å². The first kappa shape index (κ1) is 13.8. The second-order valence-corrected chi connectivity index (χ2v) is 5.46. The number of likely N-dealkylation sites (N-methyl/N-ethyl adjacent to an activating group) is 1. The lowest BCUT2D eigenvalue weighted by Gasteiger charge is -2.24. The molecule has 1 aliphatic heterocycles. The van der Waals surface area contributed by atoms with Gasteiger partial charge in [0.1, 0.15) is 5.60 Å². The van der Waals surface area contributed by atoms with Crippen LogP contribution in [0.15, 0.2) is 6.20 Å². The maximum atomic E-state index is 10.8. The van der Waals surface area contributed by atoms with E-state index in [1.54, 1.807) is 18.0 Å². The summed E-state index contributed by atoms with van der Waals surface area (Å²) in [5.74, 6) is 0. The van der Waals surface area contributed by atoms with Gasteiger partial charge < -0.3 is 14.7 Å². The summed E-state index contributed by atoms with van der Waals surface area (Å²) in [5, 5.41) is 15.6. The average Bonchev–Trinajstić information content (AvgIpc) is 2.78. The summed E-state index contributed by atoms with van der Waals surface area (Å²) >= 11 is 6.19. The van der Waals surface area contributed by atoms with Gasteiger partial charge in [0, 0.05) is 19.7 Å². The van der Waals surface area contributed by atoms with E-state index in [9.17, 15) is 5.11 Å². The molecule has 2 rings (SSSR count). The highest BCUT2D eigenvalue weighted by atomic mass is 35.5. The van der Waals surface area contributed by atoms with E-state index in [0.29, 0.717) is 42.9 Å². The van der Waals surface area contributed by atoms with E-state index in [4.69, 9.17) is 16.3 Å². The number of aromatic nitrogens is 2. The van der Waals surface area contributed by atoms with Crippen LogP contribution < -0.4 is 0 Å². The predicted octanol–water partition coefficient (Wildman–Crippen LogP) is 1.09. The summed E-state index contributed by atoms with van der Waals surface area (Å²) in [6.07, 6.45) is 2.26. The maximum absolute atomic E-state index is 10.8. The zero-order chi connectivity index (χ0) is 13.3. The van der Waals surface area contributed by atoms with Crippen LogP contribution in [0.1, 0.15) is 19.0 Å². The van der Waals surface area contributed by atoms with Crippen LogP contribution in [0.25, 0.3) is 0 Å². The first-order chi connectivity index (χ1) is 8.48. The van der Waals surface area contributed by atoms with Crippen LogP contribution in [0.5, 0.6) is 0 Å². The van der Waals surface area contributed by atoms with Crippen molar-refractivity contribution in [1.82, 2.24) is 14.7 Å². The van der Waals surface area contributed by atoms with Gasteiger partial charge in [0.25, 0.3) is 0 Å². The largest absolute Gasteiger partial charge is 0.383 e. The number of likely N-dealkylation sites (tertiary alicyclic amines) is 1. The summed E-state index contributed by atoms with van der Waals surface area (Å²) in [4.78, 5) is 2.13. The van der Waals surface area contributed by atoms with Crippen LogP contribution in [0.3, 0.4) is 0 Å². The first-order valence-corrected chi connectivity index (χ1v) is 6.49. The van der Waals surface area contributed by atoms with Gasteiger partial charge >= 0.3 is 0 Å². The fraction of sp³-hybridized carbons (Fsp3) is 0.750. The molecule has 1 aromatic rings. The third-order valence-electron chi connectivity index (χ3n) is 3.64. The van der Waals surface area contributed by atoms with E-state index < -0.39 is 5.60 Å². The third kappa shape index (κ3) is 2.40. The lowest BCUT2D eigenvalue weighted by atomic mass is 9.96. The SMILES string of the molecule is COCCn1ncc(Cl)c1C1(O)CC(C)N(C)C1. The van der Waals surface area contributed by atoms with Crippen LogP contribution in [0.2, 0.25) is 5.02 Å². The molecule has 18 heavy (non-hydrogen) atoms. The standard InChI is InChI=1S/C12H20ClN3O2/c1-9-6-12(17,8-15(9)2)11-10(13)7-14-16(11)4-5-18-3/h7,9,17H,4-6,8H2,1-3H3.